The Morgan fingerprint density at radius 2 is 1.85 bits per heavy atom. The molecule has 3 fully saturated rings. The lowest BCUT2D eigenvalue weighted by molar-refractivity contribution is -0.145. The normalized spacial score (nSPS) is 34.7. The van der Waals surface area contributed by atoms with E-state index in [4.69, 9.17) is 9.15 Å². The van der Waals surface area contributed by atoms with Crippen LogP contribution in [-0.4, -0.2) is 34.9 Å². The van der Waals surface area contributed by atoms with Gasteiger partial charge in [-0.15, -0.1) is 0 Å². The Labute approximate surface area is 113 Å². The highest BCUT2D eigenvalue weighted by molar-refractivity contribution is 6.08. The number of hydrogen-bond donors (Lipinski definition) is 1. The number of rotatable bonds is 2. The Bertz CT molecular complexity index is 568. The van der Waals surface area contributed by atoms with Crippen LogP contribution in [0.25, 0.3) is 0 Å². The number of carbonyl (C=O) groups excluding carboxylic acids is 3. The number of imide groups is 1. The van der Waals surface area contributed by atoms with Crippen LogP contribution < -0.4 is 5.43 Å². The Balaban J connectivity index is 1.57. The first-order chi connectivity index (χ1) is 9.66. The number of ether oxygens (including phenoxy) is 1. The van der Waals surface area contributed by atoms with Crippen LogP contribution in [0.1, 0.15) is 23.4 Å². The third-order valence-electron chi connectivity index (χ3n) is 4.24. The second-order valence-electron chi connectivity index (χ2n) is 5.27. The van der Waals surface area contributed by atoms with Gasteiger partial charge in [0.15, 0.2) is 5.76 Å². The van der Waals surface area contributed by atoms with Crippen LogP contribution in [0.3, 0.4) is 0 Å². The van der Waals surface area contributed by atoms with Crippen molar-refractivity contribution < 1.29 is 23.5 Å². The average molecular weight is 276 g/mol. The Morgan fingerprint density at radius 1 is 1.20 bits per heavy atom. The number of carbonyl (C=O) groups is 3. The van der Waals surface area contributed by atoms with E-state index in [1.54, 1.807) is 6.07 Å². The molecule has 0 saturated carbocycles. The minimum absolute atomic E-state index is 0.0573. The van der Waals surface area contributed by atoms with Gasteiger partial charge in [-0.05, 0) is 25.0 Å². The summed E-state index contributed by atoms with van der Waals surface area (Å²) >= 11 is 0. The largest absolute Gasteiger partial charge is 0.459 e. The molecule has 2 bridgehead atoms. The Hall–Kier alpha value is -2.15. The van der Waals surface area contributed by atoms with Crippen molar-refractivity contribution in [1.82, 2.24) is 10.4 Å². The third kappa shape index (κ3) is 1.41. The summed E-state index contributed by atoms with van der Waals surface area (Å²) < 4.78 is 10.5. The maximum Gasteiger partial charge on any atom is 0.305 e. The van der Waals surface area contributed by atoms with Crippen molar-refractivity contribution >= 4 is 17.7 Å². The summed E-state index contributed by atoms with van der Waals surface area (Å²) in [5.74, 6) is -2.21. The zero-order chi connectivity index (χ0) is 13.9. The monoisotopic (exact) mass is 276 g/mol. The summed E-state index contributed by atoms with van der Waals surface area (Å²) in [6.45, 7) is 0. The molecule has 1 aromatic heterocycles. The van der Waals surface area contributed by atoms with Crippen molar-refractivity contribution in [2.75, 3.05) is 0 Å². The van der Waals surface area contributed by atoms with Gasteiger partial charge in [0, 0.05) is 0 Å². The fourth-order valence-electron chi connectivity index (χ4n) is 3.39. The maximum absolute atomic E-state index is 12.3. The lowest BCUT2D eigenvalue weighted by Crippen LogP contribution is -2.47. The van der Waals surface area contributed by atoms with E-state index in [9.17, 15) is 14.4 Å². The first kappa shape index (κ1) is 11.7. The molecule has 0 unspecified atom stereocenters. The van der Waals surface area contributed by atoms with Gasteiger partial charge in [0.25, 0.3) is 11.8 Å². The summed E-state index contributed by atoms with van der Waals surface area (Å²) in [5, 5.41) is 0.827. The molecule has 4 rings (SSSR count). The van der Waals surface area contributed by atoms with Crippen LogP contribution in [0, 0.1) is 11.8 Å². The van der Waals surface area contributed by atoms with E-state index in [0.29, 0.717) is 0 Å². The molecule has 3 aliphatic rings. The van der Waals surface area contributed by atoms with Crippen LogP contribution in [0.2, 0.25) is 0 Å². The van der Waals surface area contributed by atoms with Gasteiger partial charge in [-0.25, -0.2) is 0 Å². The highest BCUT2D eigenvalue weighted by atomic mass is 16.5. The fraction of sp³-hybridized carbons (Fsp3) is 0.462. The molecule has 20 heavy (non-hydrogen) atoms. The molecule has 1 aromatic rings. The predicted molar refractivity (Wildman–Crippen MR) is 62.9 cm³/mol. The number of amides is 3. The minimum Gasteiger partial charge on any atom is -0.459 e. The van der Waals surface area contributed by atoms with Gasteiger partial charge < -0.3 is 9.15 Å². The van der Waals surface area contributed by atoms with Crippen LogP contribution in [0.15, 0.2) is 22.8 Å². The molecule has 7 heteroatoms. The van der Waals surface area contributed by atoms with E-state index in [2.05, 4.69) is 5.43 Å². The van der Waals surface area contributed by atoms with Crippen molar-refractivity contribution in [3.8, 4) is 0 Å². The molecule has 1 N–H and O–H groups in total. The van der Waals surface area contributed by atoms with Crippen molar-refractivity contribution in [3.05, 3.63) is 24.2 Å². The maximum atomic E-state index is 12.3. The zero-order valence-corrected chi connectivity index (χ0v) is 10.4. The number of hydrogen-bond acceptors (Lipinski definition) is 5. The van der Waals surface area contributed by atoms with E-state index >= 15 is 0 Å². The van der Waals surface area contributed by atoms with Gasteiger partial charge in [-0.1, -0.05) is 0 Å². The Kier molecular flexibility index (Phi) is 2.29. The topological polar surface area (TPSA) is 88.9 Å². The molecular weight excluding hydrogens is 264 g/mol. The summed E-state index contributed by atoms with van der Waals surface area (Å²) in [6, 6.07) is 3.03. The van der Waals surface area contributed by atoms with Crippen molar-refractivity contribution in [1.29, 1.82) is 0 Å². The van der Waals surface area contributed by atoms with Crippen LogP contribution in [0.4, 0.5) is 0 Å². The predicted octanol–water partition coefficient (Wildman–Crippen LogP) is 0.0868. The van der Waals surface area contributed by atoms with Gasteiger partial charge >= 0.3 is 5.91 Å². The molecule has 7 nitrogen and oxygen atoms in total. The second kappa shape index (κ2) is 3.92. The molecule has 3 saturated heterocycles. The first-order valence-corrected chi connectivity index (χ1v) is 6.54. The highest BCUT2D eigenvalue weighted by Crippen LogP contribution is 2.47. The van der Waals surface area contributed by atoms with Crippen molar-refractivity contribution in [3.63, 3.8) is 0 Å². The molecule has 4 atom stereocenters. The lowest BCUT2D eigenvalue weighted by Gasteiger charge is -2.17. The molecule has 0 aromatic carbocycles. The molecule has 3 amide bonds. The minimum atomic E-state index is -0.607. The molecule has 0 radical (unpaired) electrons. The standard InChI is InChI=1S/C13H12N2O5/c16-11(8-2-1-5-19-8)14-15-12(17)9-6-3-4-7(20-6)10(9)13(15)18/h1-2,5-7,9-10H,3-4H2,(H,14,16)/t6-,7-,9-,10-/m0/s1. The Morgan fingerprint density at radius 3 is 2.40 bits per heavy atom. The molecular formula is C13H12N2O5. The highest BCUT2D eigenvalue weighted by Gasteiger charge is 2.62. The quantitative estimate of drug-likeness (QED) is 0.773. The molecule has 0 aliphatic carbocycles. The van der Waals surface area contributed by atoms with E-state index < -0.39 is 17.7 Å². The molecule has 4 heterocycles. The van der Waals surface area contributed by atoms with E-state index in [1.807, 2.05) is 0 Å². The molecule has 0 spiro atoms. The summed E-state index contributed by atoms with van der Waals surface area (Å²) in [4.78, 5) is 36.4. The SMILES string of the molecule is O=C(NN1C(=O)[C@@H]2[C@@H](C1=O)[C@@H]1CC[C@@H]2O1)c1ccco1. The van der Waals surface area contributed by atoms with Crippen LogP contribution in [-0.2, 0) is 14.3 Å². The van der Waals surface area contributed by atoms with Gasteiger partial charge in [0.05, 0.1) is 30.3 Å². The number of nitrogens with zero attached hydrogens (tertiary/aromatic N) is 1. The van der Waals surface area contributed by atoms with Crippen LogP contribution >= 0.6 is 0 Å². The number of fused-ring (bicyclic) bond motifs is 5. The van der Waals surface area contributed by atoms with E-state index in [-0.39, 0.29) is 29.8 Å². The van der Waals surface area contributed by atoms with E-state index in [0.717, 1.165) is 17.9 Å². The third-order valence-corrected chi connectivity index (χ3v) is 4.24. The van der Waals surface area contributed by atoms with Gasteiger partial charge in [0.1, 0.15) is 0 Å². The molecule has 3 aliphatic heterocycles. The number of nitrogens with one attached hydrogen (secondary N) is 1. The van der Waals surface area contributed by atoms with Crippen molar-refractivity contribution in [2.24, 2.45) is 11.8 Å². The first-order valence-electron chi connectivity index (χ1n) is 6.54. The number of hydrazine groups is 1. The van der Waals surface area contributed by atoms with Gasteiger partial charge in [-0.3, -0.25) is 19.8 Å². The average Bonchev–Trinajstić information content (AvgIpc) is 3.18. The summed E-state index contributed by atoms with van der Waals surface area (Å²) in [7, 11) is 0. The summed E-state index contributed by atoms with van der Waals surface area (Å²) in [6.07, 6.45) is 2.57. The summed E-state index contributed by atoms with van der Waals surface area (Å²) in [5.41, 5.74) is 2.32. The molecule has 104 valence electrons. The zero-order valence-electron chi connectivity index (χ0n) is 10.4. The fourth-order valence-corrected chi connectivity index (χ4v) is 3.39. The smallest absolute Gasteiger partial charge is 0.305 e. The second-order valence-corrected chi connectivity index (χ2v) is 5.27. The van der Waals surface area contributed by atoms with E-state index in [1.165, 1.54) is 12.3 Å². The van der Waals surface area contributed by atoms with Gasteiger partial charge in [-0.2, -0.15) is 5.01 Å². The van der Waals surface area contributed by atoms with Crippen molar-refractivity contribution in [2.45, 2.75) is 25.0 Å². The van der Waals surface area contributed by atoms with Gasteiger partial charge in [0.2, 0.25) is 0 Å². The lowest BCUT2D eigenvalue weighted by atomic mass is 9.81. The van der Waals surface area contributed by atoms with Crippen LogP contribution in [0.5, 0.6) is 0 Å². The number of furan rings is 1.